The molecule has 3 aliphatic rings. The van der Waals surface area contributed by atoms with Crippen LogP contribution in [0.15, 0.2) is 30.3 Å². The van der Waals surface area contributed by atoms with Gasteiger partial charge in [0, 0.05) is 18.6 Å². The Labute approximate surface area is 126 Å². The number of benzene rings is 1. The number of ether oxygens (including phenoxy) is 1. The van der Waals surface area contributed by atoms with Crippen LogP contribution in [-0.2, 0) is 9.53 Å². The van der Waals surface area contributed by atoms with Gasteiger partial charge in [-0.3, -0.25) is 4.79 Å². The SMILES string of the molecule is O=C(NC1C2CCCC2C1c1ccccc1)C1CCCO1. The summed E-state index contributed by atoms with van der Waals surface area (Å²) in [5.41, 5.74) is 1.39. The lowest BCUT2D eigenvalue weighted by Gasteiger charge is -2.50. The van der Waals surface area contributed by atoms with Gasteiger partial charge in [0.2, 0.25) is 5.91 Å². The van der Waals surface area contributed by atoms with Crippen LogP contribution in [0.4, 0.5) is 0 Å². The number of hydrogen-bond acceptors (Lipinski definition) is 2. The maximum atomic E-state index is 12.4. The van der Waals surface area contributed by atoms with E-state index in [1.54, 1.807) is 0 Å². The maximum absolute atomic E-state index is 12.4. The Morgan fingerprint density at radius 2 is 1.86 bits per heavy atom. The second-order valence-corrected chi connectivity index (χ2v) is 6.73. The fraction of sp³-hybridized carbons (Fsp3) is 0.611. The van der Waals surface area contributed by atoms with Crippen molar-refractivity contribution < 1.29 is 9.53 Å². The Kier molecular flexibility index (Phi) is 3.46. The van der Waals surface area contributed by atoms with Gasteiger partial charge in [-0.05, 0) is 43.1 Å². The average Bonchev–Trinajstić information content (AvgIpc) is 3.16. The average molecular weight is 285 g/mol. The summed E-state index contributed by atoms with van der Waals surface area (Å²) in [5.74, 6) is 2.07. The van der Waals surface area contributed by atoms with Gasteiger partial charge >= 0.3 is 0 Å². The molecule has 1 heterocycles. The molecule has 3 heteroatoms. The van der Waals surface area contributed by atoms with Crippen molar-refractivity contribution in [3.8, 4) is 0 Å². The highest BCUT2D eigenvalue weighted by atomic mass is 16.5. The summed E-state index contributed by atoms with van der Waals surface area (Å²) in [7, 11) is 0. The highest BCUT2D eigenvalue weighted by molar-refractivity contribution is 5.81. The minimum Gasteiger partial charge on any atom is -0.368 e. The summed E-state index contributed by atoms with van der Waals surface area (Å²) >= 11 is 0. The molecule has 5 atom stereocenters. The van der Waals surface area contributed by atoms with E-state index in [0.717, 1.165) is 25.4 Å². The normalized spacial score (nSPS) is 37.8. The molecule has 3 fully saturated rings. The van der Waals surface area contributed by atoms with Gasteiger partial charge in [-0.15, -0.1) is 0 Å². The molecular formula is C18H23NO2. The standard InChI is InChI=1S/C18H23NO2/c20-18(15-10-5-11-21-15)19-17-14-9-4-8-13(14)16(17)12-6-2-1-3-7-12/h1-3,6-7,13-17H,4-5,8-11H2,(H,19,20). The van der Waals surface area contributed by atoms with Crippen LogP contribution in [0.3, 0.4) is 0 Å². The molecule has 1 aromatic carbocycles. The van der Waals surface area contributed by atoms with E-state index in [-0.39, 0.29) is 12.0 Å². The highest BCUT2D eigenvalue weighted by Gasteiger charge is 2.53. The number of rotatable bonds is 3. The molecule has 2 aliphatic carbocycles. The van der Waals surface area contributed by atoms with Crippen LogP contribution in [0.5, 0.6) is 0 Å². The molecule has 0 bridgehead atoms. The van der Waals surface area contributed by atoms with E-state index in [2.05, 4.69) is 35.6 Å². The molecule has 1 N–H and O–H groups in total. The van der Waals surface area contributed by atoms with Crippen LogP contribution in [-0.4, -0.2) is 24.7 Å². The Morgan fingerprint density at radius 1 is 1.05 bits per heavy atom. The molecule has 1 aliphatic heterocycles. The van der Waals surface area contributed by atoms with Gasteiger partial charge in [-0.1, -0.05) is 36.8 Å². The van der Waals surface area contributed by atoms with Crippen molar-refractivity contribution >= 4 is 5.91 Å². The van der Waals surface area contributed by atoms with Gasteiger partial charge in [0.25, 0.3) is 0 Å². The molecule has 2 saturated carbocycles. The van der Waals surface area contributed by atoms with Gasteiger partial charge in [0.15, 0.2) is 0 Å². The molecule has 4 rings (SSSR count). The van der Waals surface area contributed by atoms with E-state index in [0.29, 0.717) is 17.9 Å². The van der Waals surface area contributed by atoms with E-state index in [1.807, 2.05) is 0 Å². The summed E-state index contributed by atoms with van der Waals surface area (Å²) in [6.45, 7) is 0.733. The molecule has 5 unspecified atom stereocenters. The summed E-state index contributed by atoms with van der Waals surface area (Å²) in [5, 5.41) is 3.31. The van der Waals surface area contributed by atoms with Gasteiger partial charge < -0.3 is 10.1 Å². The van der Waals surface area contributed by atoms with Crippen molar-refractivity contribution in [2.24, 2.45) is 11.8 Å². The van der Waals surface area contributed by atoms with Gasteiger partial charge in [-0.2, -0.15) is 0 Å². The van der Waals surface area contributed by atoms with Crippen LogP contribution in [0.2, 0.25) is 0 Å². The predicted molar refractivity (Wildman–Crippen MR) is 80.9 cm³/mol. The van der Waals surface area contributed by atoms with E-state index in [4.69, 9.17) is 4.74 Å². The number of amides is 1. The number of hydrogen-bond donors (Lipinski definition) is 1. The Bertz CT molecular complexity index is 509. The van der Waals surface area contributed by atoms with Crippen LogP contribution in [0.1, 0.15) is 43.6 Å². The van der Waals surface area contributed by atoms with Crippen molar-refractivity contribution in [3.63, 3.8) is 0 Å². The number of nitrogens with one attached hydrogen (secondary N) is 1. The van der Waals surface area contributed by atoms with Crippen LogP contribution in [0.25, 0.3) is 0 Å². The molecule has 0 spiro atoms. The molecule has 0 aromatic heterocycles. The zero-order valence-corrected chi connectivity index (χ0v) is 12.3. The van der Waals surface area contributed by atoms with Gasteiger partial charge in [-0.25, -0.2) is 0 Å². The minimum absolute atomic E-state index is 0.115. The fourth-order valence-corrected chi connectivity index (χ4v) is 4.66. The topological polar surface area (TPSA) is 38.3 Å². The molecular weight excluding hydrogens is 262 g/mol. The first-order valence-electron chi connectivity index (χ1n) is 8.31. The van der Waals surface area contributed by atoms with Gasteiger partial charge in [0.1, 0.15) is 6.10 Å². The highest BCUT2D eigenvalue weighted by Crippen LogP contribution is 2.55. The molecule has 3 nitrogen and oxygen atoms in total. The third-order valence-electron chi connectivity index (χ3n) is 5.65. The zero-order valence-electron chi connectivity index (χ0n) is 12.3. The second-order valence-electron chi connectivity index (χ2n) is 6.73. The number of fused-ring (bicyclic) bond motifs is 1. The van der Waals surface area contributed by atoms with Gasteiger partial charge in [0.05, 0.1) is 0 Å². The molecule has 1 amide bonds. The third-order valence-corrected chi connectivity index (χ3v) is 5.65. The molecule has 1 saturated heterocycles. The largest absolute Gasteiger partial charge is 0.368 e. The Morgan fingerprint density at radius 3 is 2.62 bits per heavy atom. The van der Waals surface area contributed by atoms with Crippen molar-refractivity contribution in [2.75, 3.05) is 6.61 Å². The molecule has 1 aromatic rings. The van der Waals surface area contributed by atoms with Crippen molar-refractivity contribution in [3.05, 3.63) is 35.9 Å². The van der Waals surface area contributed by atoms with Crippen LogP contribution >= 0.6 is 0 Å². The predicted octanol–water partition coefficient (Wildman–Crippen LogP) is 2.86. The summed E-state index contributed by atoms with van der Waals surface area (Å²) in [4.78, 5) is 12.4. The second kappa shape index (κ2) is 5.45. The summed E-state index contributed by atoms with van der Waals surface area (Å²) < 4.78 is 5.52. The first-order valence-corrected chi connectivity index (χ1v) is 8.31. The maximum Gasteiger partial charge on any atom is 0.249 e. The van der Waals surface area contributed by atoms with Crippen molar-refractivity contribution in [1.82, 2.24) is 5.32 Å². The van der Waals surface area contributed by atoms with E-state index in [1.165, 1.54) is 24.8 Å². The van der Waals surface area contributed by atoms with Crippen LogP contribution in [0, 0.1) is 11.8 Å². The Hall–Kier alpha value is -1.35. The van der Waals surface area contributed by atoms with E-state index < -0.39 is 0 Å². The lowest BCUT2D eigenvalue weighted by atomic mass is 9.60. The number of carbonyl (C=O) groups is 1. The lowest BCUT2D eigenvalue weighted by molar-refractivity contribution is -0.133. The lowest BCUT2D eigenvalue weighted by Crippen LogP contribution is -2.58. The molecule has 0 radical (unpaired) electrons. The van der Waals surface area contributed by atoms with Crippen LogP contribution < -0.4 is 5.32 Å². The summed E-state index contributed by atoms with van der Waals surface area (Å²) in [6.07, 6.45) is 5.58. The summed E-state index contributed by atoms with van der Waals surface area (Å²) in [6, 6.07) is 11.0. The van der Waals surface area contributed by atoms with Crippen molar-refractivity contribution in [2.45, 2.75) is 50.2 Å². The van der Waals surface area contributed by atoms with E-state index in [9.17, 15) is 4.79 Å². The van der Waals surface area contributed by atoms with Crippen molar-refractivity contribution in [1.29, 1.82) is 0 Å². The minimum atomic E-state index is -0.207. The number of carbonyl (C=O) groups excluding carboxylic acids is 1. The Balaban J connectivity index is 1.50. The smallest absolute Gasteiger partial charge is 0.249 e. The first-order chi connectivity index (χ1) is 10.3. The fourth-order valence-electron chi connectivity index (χ4n) is 4.66. The first kappa shape index (κ1) is 13.3. The monoisotopic (exact) mass is 285 g/mol. The molecule has 21 heavy (non-hydrogen) atoms. The quantitative estimate of drug-likeness (QED) is 0.927. The van der Waals surface area contributed by atoms with E-state index >= 15 is 0 Å². The zero-order chi connectivity index (χ0) is 14.2. The third kappa shape index (κ3) is 2.28. The molecule has 112 valence electrons.